The number of para-hydroxylation sites is 1. The summed E-state index contributed by atoms with van der Waals surface area (Å²) in [5.41, 5.74) is 0.613. The number of ether oxygens (including phenoxy) is 6. The topological polar surface area (TPSA) is 185 Å². The number of hydrogen-bond acceptors (Lipinski definition) is 14. The van der Waals surface area contributed by atoms with Crippen molar-refractivity contribution >= 4 is 34.8 Å². The van der Waals surface area contributed by atoms with Gasteiger partial charge in [-0.3, -0.25) is 19.2 Å². The van der Waals surface area contributed by atoms with Gasteiger partial charge in [-0.1, -0.05) is 23.4 Å². The lowest BCUT2D eigenvalue weighted by molar-refractivity contribution is -0.310. The molecule has 0 amide bonds. The Hall–Kier alpha value is -4.63. The van der Waals surface area contributed by atoms with Gasteiger partial charge in [0.2, 0.25) is 0 Å². The van der Waals surface area contributed by atoms with E-state index in [2.05, 4.69) is 10.3 Å². The maximum Gasteiger partial charge on any atom is 0.341 e. The molecule has 15 heteroatoms. The van der Waals surface area contributed by atoms with Crippen molar-refractivity contribution in [3.8, 4) is 0 Å². The SMILES string of the molecule is CC(=O)OC[C@H]1O[C@@H](OCc2cn(Cc3cc4ccccc4oc3=O)nn2)[C@H](OC(C)=O)[C@@H](OC(C)=O)[C@@H]1OC(C)=O. The van der Waals surface area contributed by atoms with Crippen LogP contribution in [0.25, 0.3) is 11.0 Å². The number of hydrogen-bond donors (Lipinski definition) is 0. The highest BCUT2D eigenvalue weighted by molar-refractivity contribution is 5.76. The van der Waals surface area contributed by atoms with E-state index in [-0.39, 0.29) is 19.8 Å². The molecular weight excluding hydrogens is 558 g/mol. The Morgan fingerprint density at radius 1 is 0.905 bits per heavy atom. The summed E-state index contributed by atoms with van der Waals surface area (Å²) in [5.74, 6) is -2.90. The highest BCUT2D eigenvalue weighted by Crippen LogP contribution is 2.30. The van der Waals surface area contributed by atoms with Crippen LogP contribution in [-0.4, -0.2) is 76.2 Å². The summed E-state index contributed by atoms with van der Waals surface area (Å²) < 4.78 is 39.7. The van der Waals surface area contributed by atoms with Gasteiger partial charge in [-0.15, -0.1) is 5.10 Å². The first-order valence-electron chi connectivity index (χ1n) is 12.8. The molecule has 1 aromatic carbocycles. The third kappa shape index (κ3) is 7.76. The second kappa shape index (κ2) is 13.4. The summed E-state index contributed by atoms with van der Waals surface area (Å²) in [4.78, 5) is 59.7. The molecule has 0 unspecified atom stereocenters. The lowest BCUT2D eigenvalue weighted by Gasteiger charge is -2.43. The van der Waals surface area contributed by atoms with E-state index in [1.54, 1.807) is 18.2 Å². The zero-order chi connectivity index (χ0) is 30.4. The Bertz CT molecular complexity index is 1520. The minimum absolute atomic E-state index is 0.0687. The van der Waals surface area contributed by atoms with E-state index in [9.17, 15) is 24.0 Å². The van der Waals surface area contributed by atoms with Crippen molar-refractivity contribution in [2.24, 2.45) is 0 Å². The summed E-state index contributed by atoms with van der Waals surface area (Å²) in [5, 5.41) is 8.81. The van der Waals surface area contributed by atoms with Gasteiger partial charge in [0.1, 0.15) is 24.0 Å². The lowest BCUT2D eigenvalue weighted by atomic mass is 9.98. The largest absolute Gasteiger partial charge is 0.463 e. The number of esters is 4. The molecule has 0 bridgehead atoms. The van der Waals surface area contributed by atoms with Crippen molar-refractivity contribution < 1.29 is 52.0 Å². The van der Waals surface area contributed by atoms with Gasteiger partial charge in [-0.05, 0) is 12.1 Å². The number of nitrogens with zero attached hydrogens (tertiary/aromatic N) is 3. The minimum Gasteiger partial charge on any atom is -0.463 e. The van der Waals surface area contributed by atoms with Gasteiger partial charge in [0, 0.05) is 33.1 Å². The smallest absolute Gasteiger partial charge is 0.341 e. The predicted octanol–water partition coefficient (Wildman–Crippen LogP) is 1.03. The predicted molar refractivity (Wildman–Crippen MR) is 138 cm³/mol. The molecule has 1 saturated heterocycles. The molecule has 0 aliphatic carbocycles. The van der Waals surface area contributed by atoms with Crippen LogP contribution >= 0.6 is 0 Å². The van der Waals surface area contributed by atoms with E-state index < -0.39 is 60.2 Å². The highest BCUT2D eigenvalue weighted by atomic mass is 16.7. The van der Waals surface area contributed by atoms with Crippen LogP contribution in [0.3, 0.4) is 0 Å². The van der Waals surface area contributed by atoms with E-state index >= 15 is 0 Å². The van der Waals surface area contributed by atoms with E-state index in [4.69, 9.17) is 32.8 Å². The zero-order valence-corrected chi connectivity index (χ0v) is 23.2. The van der Waals surface area contributed by atoms with Crippen LogP contribution in [-0.2, 0) is 60.8 Å². The maximum atomic E-state index is 12.4. The van der Waals surface area contributed by atoms with Crippen LogP contribution in [0.4, 0.5) is 0 Å². The monoisotopic (exact) mass is 587 g/mol. The average Bonchev–Trinajstić information content (AvgIpc) is 3.36. The van der Waals surface area contributed by atoms with Crippen molar-refractivity contribution in [1.29, 1.82) is 0 Å². The van der Waals surface area contributed by atoms with Crippen molar-refractivity contribution in [3.63, 3.8) is 0 Å². The van der Waals surface area contributed by atoms with Crippen LogP contribution < -0.4 is 5.63 Å². The standard InChI is InChI=1S/C27H29N3O12/c1-14(31)36-13-22-23(38-15(2)32)24(39-16(3)33)25(40-17(4)34)27(42-22)37-12-20-11-30(29-28-20)10-19-9-18-7-5-6-8-21(18)41-26(19)35/h5-9,11,22-25,27H,10,12-13H2,1-4H3/t22-,23-,24+,25-,27-/m1/s1. The summed E-state index contributed by atoms with van der Waals surface area (Å²) in [6.45, 7) is 4.01. The molecule has 0 radical (unpaired) electrons. The maximum absolute atomic E-state index is 12.4. The second-order valence-electron chi connectivity index (χ2n) is 9.38. The van der Waals surface area contributed by atoms with E-state index in [1.807, 2.05) is 12.1 Å². The fourth-order valence-electron chi connectivity index (χ4n) is 4.36. The van der Waals surface area contributed by atoms with Crippen LogP contribution in [0, 0.1) is 0 Å². The molecule has 0 saturated carbocycles. The molecule has 15 nitrogen and oxygen atoms in total. The van der Waals surface area contributed by atoms with E-state index in [0.29, 0.717) is 16.8 Å². The van der Waals surface area contributed by atoms with Crippen LogP contribution in [0.5, 0.6) is 0 Å². The fourth-order valence-corrected chi connectivity index (χ4v) is 4.36. The first kappa shape index (κ1) is 30.3. The first-order chi connectivity index (χ1) is 20.0. The number of rotatable bonds is 10. The molecule has 1 aliphatic rings. The Morgan fingerprint density at radius 3 is 2.26 bits per heavy atom. The van der Waals surface area contributed by atoms with Crippen molar-refractivity contribution in [2.75, 3.05) is 6.61 Å². The first-order valence-corrected chi connectivity index (χ1v) is 12.8. The molecule has 2 aromatic heterocycles. The van der Waals surface area contributed by atoms with Crippen molar-refractivity contribution in [3.05, 3.63) is 58.2 Å². The normalized spacial score (nSPS) is 21.9. The second-order valence-corrected chi connectivity index (χ2v) is 9.38. The Morgan fingerprint density at radius 2 is 1.57 bits per heavy atom. The molecule has 3 heterocycles. The lowest BCUT2D eigenvalue weighted by Crippen LogP contribution is -2.62. The van der Waals surface area contributed by atoms with Gasteiger partial charge in [0.15, 0.2) is 24.6 Å². The van der Waals surface area contributed by atoms with Gasteiger partial charge in [0.25, 0.3) is 0 Å². The van der Waals surface area contributed by atoms with E-state index in [1.165, 1.54) is 17.8 Å². The molecule has 1 fully saturated rings. The molecule has 42 heavy (non-hydrogen) atoms. The molecule has 0 N–H and O–H groups in total. The third-order valence-corrected chi connectivity index (χ3v) is 5.98. The van der Waals surface area contributed by atoms with Crippen LogP contribution in [0.15, 0.2) is 45.7 Å². The zero-order valence-electron chi connectivity index (χ0n) is 23.2. The van der Waals surface area contributed by atoms with Crippen LogP contribution in [0.1, 0.15) is 39.0 Å². The number of benzene rings is 1. The molecule has 0 spiro atoms. The Labute approximate surface area is 238 Å². The number of carbonyl (C=O) groups is 4. The average molecular weight is 588 g/mol. The van der Waals surface area contributed by atoms with Gasteiger partial charge in [-0.2, -0.15) is 0 Å². The Balaban J connectivity index is 1.53. The fraction of sp³-hybridized carbons (Fsp3) is 0.444. The molecular formula is C27H29N3O12. The third-order valence-electron chi connectivity index (χ3n) is 5.98. The minimum atomic E-state index is -1.37. The number of fused-ring (bicyclic) bond motifs is 1. The molecule has 1 aliphatic heterocycles. The summed E-state index contributed by atoms with van der Waals surface area (Å²) in [7, 11) is 0. The summed E-state index contributed by atoms with van der Waals surface area (Å²) in [6, 6.07) is 8.80. The van der Waals surface area contributed by atoms with Crippen molar-refractivity contribution in [1.82, 2.24) is 15.0 Å². The van der Waals surface area contributed by atoms with Gasteiger partial charge >= 0.3 is 29.5 Å². The quantitative estimate of drug-likeness (QED) is 0.186. The van der Waals surface area contributed by atoms with Crippen LogP contribution in [0.2, 0.25) is 0 Å². The Kier molecular flexibility index (Phi) is 9.64. The molecule has 224 valence electrons. The van der Waals surface area contributed by atoms with Gasteiger partial charge < -0.3 is 32.8 Å². The molecule has 4 rings (SSSR count). The molecule has 3 aromatic rings. The number of aromatic nitrogens is 3. The van der Waals surface area contributed by atoms with Gasteiger partial charge in [-0.25, -0.2) is 9.48 Å². The number of carbonyl (C=O) groups excluding carboxylic acids is 4. The van der Waals surface area contributed by atoms with E-state index in [0.717, 1.165) is 26.2 Å². The summed E-state index contributed by atoms with van der Waals surface area (Å²) in [6.07, 6.45) is -5.03. The van der Waals surface area contributed by atoms with Crippen molar-refractivity contribution in [2.45, 2.75) is 71.6 Å². The highest BCUT2D eigenvalue weighted by Gasteiger charge is 2.52. The summed E-state index contributed by atoms with van der Waals surface area (Å²) >= 11 is 0. The molecule has 5 atom stereocenters. The van der Waals surface area contributed by atoms with Gasteiger partial charge in [0.05, 0.1) is 24.9 Å².